The SMILES string of the molecule is CC(C)(C)OC(=O)N1CC2(C1)N=C(c1cccc(OC(F)(F)F)c1)NC2=O. The second-order valence-electron chi connectivity index (χ2n) is 7.36. The number of hydrogen-bond acceptors (Lipinski definition) is 5. The van der Waals surface area contributed by atoms with Gasteiger partial charge in [-0.05, 0) is 32.9 Å². The van der Waals surface area contributed by atoms with Crippen molar-refractivity contribution in [3.8, 4) is 5.75 Å². The van der Waals surface area contributed by atoms with Gasteiger partial charge in [0.25, 0.3) is 5.91 Å². The first-order valence-electron chi connectivity index (χ1n) is 8.12. The molecule has 2 heterocycles. The van der Waals surface area contributed by atoms with E-state index in [4.69, 9.17) is 4.74 Å². The lowest BCUT2D eigenvalue weighted by atomic mass is 9.91. The third-order valence-electron chi connectivity index (χ3n) is 3.88. The summed E-state index contributed by atoms with van der Waals surface area (Å²) < 4.78 is 46.2. The molecule has 2 amide bonds. The summed E-state index contributed by atoms with van der Waals surface area (Å²) >= 11 is 0. The molecule has 0 aromatic heterocycles. The molecule has 0 atom stereocenters. The predicted octanol–water partition coefficient (Wildman–Crippen LogP) is 2.45. The van der Waals surface area contributed by atoms with Gasteiger partial charge < -0.3 is 19.7 Å². The predicted molar refractivity (Wildman–Crippen MR) is 88.3 cm³/mol. The Morgan fingerprint density at radius 2 is 1.93 bits per heavy atom. The summed E-state index contributed by atoms with van der Waals surface area (Å²) in [4.78, 5) is 30.0. The average molecular weight is 385 g/mol. The summed E-state index contributed by atoms with van der Waals surface area (Å²) in [5.41, 5.74) is -1.53. The molecular weight excluding hydrogens is 367 g/mol. The molecule has 2 aliphatic rings. The highest BCUT2D eigenvalue weighted by molar-refractivity contribution is 6.16. The maximum absolute atomic E-state index is 12.4. The van der Waals surface area contributed by atoms with Crippen molar-refractivity contribution in [2.24, 2.45) is 4.99 Å². The maximum atomic E-state index is 12.4. The Balaban J connectivity index is 1.73. The van der Waals surface area contributed by atoms with E-state index >= 15 is 0 Å². The maximum Gasteiger partial charge on any atom is 0.573 e. The first kappa shape index (κ1) is 19.0. The first-order valence-corrected chi connectivity index (χ1v) is 8.12. The van der Waals surface area contributed by atoms with Gasteiger partial charge in [0.15, 0.2) is 5.54 Å². The number of halogens is 3. The number of carbonyl (C=O) groups is 2. The quantitative estimate of drug-likeness (QED) is 0.848. The molecule has 2 aliphatic heterocycles. The van der Waals surface area contributed by atoms with E-state index < -0.39 is 35.3 Å². The fourth-order valence-electron chi connectivity index (χ4n) is 2.75. The number of likely N-dealkylation sites (tertiary alicyclic amines) is 1. The summed E-state index contributed by atoms with van der Waals surface area (Å²) in [7, 11) is 0. The highest BCUT2D eigenvalue weighted by atomic mass is 19.4. The van der Waals surface area contributed by atoms with Crippen molar-refractivity contribution in [1.82, 2.24) is 10.2 Å². The van der Waals surface area contributed by atoms with E-state index in [0.717, 1.165) is 12.1 Å². The topological polar surface area (TPSA) is 80.2 Å². The molecule has 0 radical (unpaired) electrons. The molecule has 27 heavy (non-hydrogen) atoms. The third kappa shape index (κ3) is 4.15. The normalized spacial score (nSPS) is 18.7. The Morgan fingerprint density at radius 1 is 1.26 bits per heavy atom. The van der Waals surface area contributed by atoms with Crippen molar-refractivity contribution < 1.29 is 32.2 Å². The molecule has 0 bridgehead atoms. The number of amides is 2. The van der Waals surface area contributed by atoms with Crippen LogP contribution in [0.25, 0.3) is 0 Å². The molecule has 1 spiro atoms. The molecule has 3 rings (SSSR count). The lowest BCUT2D eigenvalue weighted by Crippen LogP contribution is -2.66. The molecule has 1 fully saturated rings. The van der Waals surface area contributed by atoms with Crippen LogP contribution in [0.5, 0.6) is 5.75 Å². The van der Waals surface area contributed by atoms with Crippen LogP contribution in [0.3, 0.4) is 0 Å². The van der Waals surface area contributed by atoms with Crippen molar-refractivity contribution in [3.63, 3.8) is 0 Å². The molecule has 1 saturated heterocycles. The van der Waals surface area contributed by atoms with Gasteiger partial charge in [-0.1, -0.05) is 12.1 Å². The van der Waals surface area contributed by atoms with Gasteiger partial charge in [-0.2, -0.15) is 0 Å². The number of nitrogens with zero attached hydrogens (tertiary/aromatic N) is 2. The molecule has 146 valence electrons. The van der Waals surface area contributed by atoms with Crippen LogP contribution in [-0.2, 0) is 9.53 Å². The Bertz CT molecular complexity index is 808. The van der Waals surface area contributed by atoms with Gasteiger partial charge in [0.05, 0.1) is 13.1 Å². The number of rotatable bonds is 2. The first-order chi connectivity index (χ1) is 12.4. The zero-order valence-electron chi connectivity index (χ0n) is 14.9. The zero-order valence-corrected chi connectivity index (χ0v) is 14.9. The fourth-order valence-corrected chi connectivity index (χ4v) is 2.75. The minimum absolute atomic E-state index is 0.0377. The van der Waals surface area contributed by atoms with Gasteiger partial charge in [-0.3, -0.25) is 4.79 Å². The molecule has 0 aliphatic carbocycles. The zero-order chi connectivity index (χ0) is 20.0. The summed E-state index contributed by atoms with van der Waals surface area (Å²) in [6.45, 7) is 5.27. The molecule has 10 heteroatoms. The van der Waals surface area contributed by atoms with Crippen molar-refractivity contribution in [2.45, 2.75) is 38.3 Å². The molecule has 1 aromatic carbocycles. The van der Waals surface area contributed by atoms with Crippen LogP contribution in [0.4, 0.5) is 18.0 Å². The summed E-state index contributed by atoms with van der Waals surface area (Å²) in [6.07, 6.45) is -5.37. The molecule has 0 unspecified atom stereocenters. The number of alkyl halides is 3. The van der Waals surface area contributed by atoms with Crippen LogP contribution in [0, 0.1) is 0 Å². The Hall–Kier alpha value is -2.78. The van der Waals surface area contributed by atoms with Gasteiger partial charge in [0.1, 0.15) is 17.2 Å². The monoisotopic (exact) mass is 385 g/mol. The minimum atomic E-state index is -4.82. The lowest BCUT2D eigenvalue weighted by Gasteiger charge is -2.43. The van der Waals surface area contributed by atoms with E-state index in [1.807, 2.05) is 0 Å². The number of amidine groups is 1. The number of ether oxygens (including phenoxy) is 2. The van der Waals surface area contributed by atoms with Crippen LogP contribution in [0.2, 0.25) is 0 Å². The van der Waals surface area contributed by atoms with E-state index in [1.54, 1.807) is 20.8 Å². The third-order valence-corrected chi connectivity index (χ3v) is 3.88. The van der Waals surface area contributed by atoms with Crippen molar-refractivity contribution >= 4 is 17.8 Å². The Labute approximate surface area is 153 Å². The smallest absolute Gasteiger partial charge is 0.444 e. The van der Waals surface area contributed by atoms with E-state index in [-0.39, 0.29) is 24.5 Å². The standard InChI is InChI=1S/C17H18F3N3O4/c1-15(2,3)27-14(25)23-8-16(9-23)13(24)21-12(22-16)10-5-4-6-11(7-10)26-17(18,19)20/h4-7H,8-9H2,1-3H3,(H,21,22,24). The lowest BCUT2D eigenvalue weighted by molar-refractivity contribution is -0.274. The highest BCUT2D eigenvalue weighted by Gasteiger charge is 2.55. The molecule has 1 aromatic rings. The van der Waals surface area contributed by atoms with Crippen LogP contribution in [0.15, 0.2) is 29.3 Å². The van der Waals surface area contributed by atoms with Gasteiger partial charge in [0.2, 0.25) is 0 Å². The van der Waals surface area contributed by atoms with E-state index in [9.17, 15) is 22.8 Å². The van der Waals surface area contributed by atoms with E-state index in [0.29, 0.717) is 0 Å². The average Bonchev–Trinajstić information content (AvgIpc) is 2.80. The Morgan fingerprint density at radius 3 is 2.52 bits per heavy atom. The molecule has 1 N–H and O–H groups in total. The molecule has 0 saturated carbocycles. The van der Waals surface area contributed by atoms with Crippen LogP contribution < -0.4 is 10.1 Å². The number of carbonyl (C=O) groups excluding carboxylic acids is 2. The number of benzene rings is 1. The van der Waals surface area contributed by atoms with E-state index in [2.05, 4.69) is 15.0 Å². The summed E-state index contributed by atoms with van der Waals surface area (Å²) in [5, 5.41) is 2.56. The van der Waals surface area contributed by atoms with Crippen LogP contribution in [-0.4, -0.2) is 53.3 Å². The van der Waals surface area contributed by atoms with Crippen molar-refractivity contribution in [3.05, 3.63) is 29.8 Å². The highest BCUT2D eigenvalue weighted by Crippen LogP contribution is 2.32. The summed E-state index contributed by atoms with van der Waals surface area (Å²) in [6, 6.07) is 5.16. The molecule has 7 nitrogen and oxygen atoms in total. The molecular formula is C17H18F3N3O4. The van der Waals surface area contributed by atoms with Gasteiger partial charge >= 0.3 is 12.5 Å². The second-order valence-corrected chi connectivity index (χ2v) is 7.36. The Kier molecular flexibility index (Phi) is 4.32. The summed E-state index contributed by atoms with van der Waals surface area (Å²) in [5.74, 6) is -0.696. The van der Waals surface area contributed by atoms with Gasteiger partial charge in [-0.25, -0.2) is 9.79 Å². The number of aliphatic imine (C=N–C) groups is 1. The number of hydrogen-bond donors (Lipinski definition) is 1. The largest absolute Gasteiger partial charge is 0.573 e. The van der Waals surface area contributed by atoms with E-state index in [1.165, 1.54) is 17.0 Å². The van der Waals surface area contributed by atoms with Crippen LogP contribution >= 0.6 is 0 Å². The second kappa shape index (κ2) is 6.14. The van der Waals surface area contributed by atoms with Gasteiger partial charge in [0, 0.05) is 5.56 Å². The van der Waals surface area contributed by atoms with Gasteiger partial charge in [-0.15, -0.1) is 13.2 Å². The van der Waals surface area contributed by atoms with Crippen molar-refractivity contribution in [1.29, 1.82) is 0 Å². The van der Waals surface area contributed by atoms with Crippen LogP contribution in [0.1, 0.15) is 26.3 Å². The minimum Gasteiger partial charge on any atom is -0.444 e. The fraction of sp³-hybridized carbons (Fsp3) is 0.471. The van der Waals surface area contributed by atoms with Crippen molar-refractivity contribution in [2.75, 3.05) is 13.1 Å². The number of nitrogens with one attached hydrogen (secondary N) is 1.